The van der Waals surface area contributed by atoms with Gasteiger partial charge in [-0.05, 0) is 71.3 Å². The molecule has 6 heteroatoms. The van der Waals surface area contributed by atoms with Crippen LogP contribution in [0.5, 0.6) is 0 Å². The van der Waals surface area contributed by atoms with Crippen LogP contribution in [0.3, 0.4) is 0 Å². The van der Waals surface area contributed by atoms with E-state index in [0.717, 1.165) is 79.3 Å². The molecule has 6 nitrogen and oxygen atoms in total. The van der Waals surface area contributed by atoms with E-state index in [4.69, 9.17) is 5.73 Å². The Bertz CT molecular complexity index is 1810. The van der Waals surface area contributed by atoms with E-state index in [1.165, 1.54) is 0 Å². The number of benzene rings is 4. The molecule has 0 unspecified atom stereocenters. The number of rotatable bonds is 5. The van der Waals surface area contributed by atoms with Gasteiger partial charge < -0.3 is 20.7 Å². The van der Waals surface area contributed by atoms with E-state index in [2.05, 4.69) is 24.0 Å². The summed E-state index contributed by atoms with van der Waals surface area (Å²) in [6.07, 6.45) is 1.66. The highest BCUT2D eigenvalue weighted by Gasteiger charge is 2.42. The molecule has 1 fully saturated rings. The number of hydrogen-bond donors (Lipinski definition) is 3. The molecule has 0 bridgehead atoms. The first-order valence-electron chi connectivity index (χ1n) is 12.9. The number of aromatic nitrogens is 1. The van der Waals surface area contributed by atoms with E-state index in [9.17, 15) is 14.7 Å². The second-order valence-electron chi connectivity index (χ2n) is 10.6. The van der Waals surface area contributed by atoms with Gasteiger partial charge in [0.1, 0.15) is 0 Å². The van der Waals surface area contributed by atoms with E-state index in [1.54, 1.807) is 0 Å². The van der Waals surface area contributed by atoms with Crippen molar-refractivity contribution in [2.45, 2.75) is 38.3 Å². The third-order valence-electron chi connectivity index (χ3n) is 8.17. The van der Waals surface area contributed by atoms with Gasteiger partial charge in [-0.3, -0.25) is 9.59 Å². The van der Waals surface area contributed by atoms with Crippen molar-refractivity contribution in [2.75, 3.05) is 4.90 Å². The van der Waals surface area contributed by atoms with Crippen molar-refractivity contribution in [3.05, 3.63) is 101 Å². The van der Waals surface area contributed by atoms with Gasteiger partial charge in [-0.25, -0.2) is 0 Å². The van der Waals surface area contributed by atoms with E-state index in [1.807, 2.05) is 65.6 Å². The number of hydrogen-bond acceptors (Lipinski definition) is 3. The Hall–Kier alpha value is -4.42. The second-order valence-corrected chi connectivity index (χ2v) is 10.6. The minimum Gasteiger partial charge on any atom is -0.385 e. The zero-order valence-corrected chi connectivity index (χ0v) is 21.0. The normalized spacial score (nSPS) is 15.8. The molecule has 1 saturated carbocycles. The Morgan fingerprint density at radius 2 is 1.79 bits per heavy atom. The van der Waals surface area contributed by atoms with Crippen LogP contribution in [0, 0.1) is 6.92 Å². The zero-order valence-electron chi connectivity index (χ0n) is 21.0. The first-order valence-corrected chi connectivity index (χ1v) is 12.9. The zero-order chi connectivity index (χ0) is 26.2. The van der Waals surface area contributed by atoms with Crippen LogP contribution in [-0.2, 0) is 23.4 Å². The Kier molecular flexibility index (Phi) is 4.81. The lowest BCUT2D eigenvalue weighted by Gasteiger charge is -2.21. The Morgan fingerprint density at radius 1 is 1.00 bits per heavy atom. The van der Waals surface area contributed by atoms with Crippen LogP contribution in [0.2, 0.25) is 0 Å². The number of anilines is 1. The van der Waals surface area contributed by atoms with E-state index >= 15 is 0 Å². The molecule has 0 saturated heterocycles. The molecular formula is C32H27N3O3. The number of aliphatic hydroxyl groups is 1. The van der Waals surface area contributed by atoms with Crippen molar-refractivity contribution in [3.63, 3.8) is 0 Å². The molecule has 0 spiro atoms. The summed E-state index contributed by atoms with van der Waals surface area (Å²) in [7, 11) is 0. The summed E-state index contributed by atoms with van der Waals surface area (Å²) in [5.41, 5.74) is 14.1. The number of H-pyrrole nitrogens is 1. The van der Waals surface area contributed by atoms with Gasteiger partial charge in [-0.15, -0.1) is 0 Å². The average Bonchev–Trinajstić information content (AvgIpc) is 3.41. The number of aromatic amines is 1. The highest BCUT2D eigenvalue weighted by molar-refractivity contribution is 6.16. The molecule has 5 aromatic rings. The minimum absolute atomic E-state index is 0.0143. The van der Waals surface area contributed by atoms with Gasteiger partial charge >= 0.3 is 0 Å². The van der Waals surface area contributed by atoms with Crippen molar-refractivity contribution in [2.24, 2.45) is 5.73 Å². The molecule has 4 N–H and O–H groups in total. The van der Waals surface area contributed by atoms with Crippen molar-refractivity contribution in [3.8, 4) is 11.1 Å². The summed E-state index contributed by atoms with van der Waals surface area (Å²) in [5.74, 6) is -0.378. The van der Waals surface area contributed by atoms with Gasteiger partial charge in [0.2, 0.25) is 5.91 Å². The molecule has 2 heterocycles. The molecule has 2 aliphatic rings. The molecule has 7 rings (SSSR count). The topological polar surface area (TPSA) is 99.4 Å². The highest BCUT2D eigenvalue weighted by Crippen LogP contribution is 2.47. The number of primary amides is 1. The Labute approximate surface area is 219 Å². The molecular weight excluding hydrogens is 474 g/mol. The number of nitrogens with one attached hydrogen (secondary N) is 1. The number of nitrogens with two attached hydrogens (primary N) is 1. The molecule has 0 atom stereocenters. The SMILES string of the molecule is Cc1c(-c2ccc(CC(N)=O)c3[nH]c4cc(C5(O)CC5)ccc4c23)cccc1N1Cc2ccccc2C1=O. The van der Waals surface area contributed by atoms with Gasteiger partial charge in [-0.2, -0.15) is 0 Å². The van der Waals surface area contributed by atoms with Crippen LogP contribution in [0.4, 0.5) is 5.69 Å². The van der Waals surface area contributed by atoms with Crippen molar-refractivity contribution >= 4 is 39.3 Å². The maximum atomic E-state index is 13.3. The summed E-state index contributed by atoms with van der Waals surface area (Å²) in [6.45, 7) is 2.60. The van der Waals surface area contributed by atoms with E-state index in [0.29, 0.717) is 6.54 Å². The standard InChI is InChI=1S/C32H27N3O3/c1-18-22(7-4-8-27(18)35-17-20-5-2-3-6-23(20)31(35)37)24-11-9-19(15-28(33)36)30-29(24)25-12-10-21(16-26(25)34-30)32(38)13-14-32/h2-12,16,34,38H,13-15,17H2,1H3,(H2,33,36). The van der Waals surface area contributed by atoms with Crippen LogP contribution < -0.4 is 10.6 Å². The van der Waals surface area contributed by atoms with E-state index < -0.39 is 11.5 Å². The van der Waals surface area contributed by atoms with Crippen molar-refractivity contribution < 1.29 is 14.7 Å². The van der Waals surface area contributed by atoms with Crippen molar-refractivity contribution in [1.82, 2.24) is 4.98 Å². The number of nitrogens with zero attached hydrogens (tertiary/aromatic N) is 1. The number of carbonyl (C=O) groups is 2. The lowest BCUT2D eigenvalue weighted by Crippen LogP contribution is -2.24. The molecule has 2 amide bonds. The van der Waals surface area contributed by atoms with Gasteiger partial charge in [0, 0.05) is 27.5 Å². The highest BCUT2D eigenvalue weighted by atomic mass is 16.3. The maximum Gasteiger partial charge on any atom is 0.258 e. The van der Waals surface area contributed by atoms with Gasteiger partial charge in [0.05, 0.1) is 24.1 Å². The smallest absolute Gasteiger partial charge is 0.258 e. The first kappa shape index (κ1) is 22.8. The minimum atomic E-state index is -0.741. The van der Waals surface area contributed by atoms with E-state index in [-0.39, 0.29) is 12.3 Å². The fraction of sp³-hybridized carbons (Fsp3) is 0.188. The summed E-state index contributed by atoms with van der Waals surface area (Å²) >= 11 is 0. The van der Waals surface area contributed by atoms with Crippen LogP contribution in [-0.4, -0.2) is 21.9 Å². The monoisotopic (exact) mass is 501 g/mol. The molecule has 4 aromatic carbocycles. The fourth-order valence-electron chi connectivity index (χ4n) is 5.98. The Morgan fingerprint density at radius 3 is 2.55 bits per heavy atom. The summed E-state index contributed by atoms with van der Waals surface area (Å²) in [4.78, 5) is 30.5. The Balaban J connectivity index is 1.42. The van der Waals surface area contributed by atoms with Crippen molar-refractivity contribution in [1.29, 1.82) is 0 Å². The van der Waals surface area contributed by atoms with Gasteiger partial charge in [0.25, 0.3) is 5.91 Å². The second kappa shape index (κ2) is 8.04. The van der Waals surface area contributed by atoms with Crippen LogP contribution >= 0.6 is 0 Å². The van der Waals surface area contributed by atoms with Crippen LogP contribution in [0.25, 0.3) is 32.9 Å². The van der Waals surface area contributed by atoms with Gasteiger partial charge in [-0.1, -0.05) is 54.6 Å². The maximum absolute atomic E-state index is 13.3. The molecule has 1 aliphatic heterocycles. The van der Waals surface area contributed by atoms with Crippen LogP contribution in [0.15, 0.2) is 72.8 Å². The number of carbonyl (C=O) groups excluding carboxylic acids is 2. The predicted octanol–water partition coefficient (Wildman–Crippen LogP) is 5.47. The lowest BCUT2D eigenvalue weighted by atomic mass is 9.92. The molecule has 188 valence electrons. The number of amides is 2. The average molecular weight is 502 g/mol. The molecule has 1 aliphatic carbocycles. The molecule has 38 heavy (non-hydrogen) atoms. The third-order valence-corrected chi connectivity index (χ3v) is 8.17. The molecule has 1 aromatic heterocycles. The largest absolute Gasteiger partial charge is 0.385 e. The predicted molar refractivity (Wildman–Crippen MR) is 149 cm³/mol. The summed E-state index contributed by atoms with van der Waals surface area (Å²) in [6, 6.07) is 23.9. The summed E-state index contributed by atoms with van der Waals surface area (Å²) < 4.78 is 0. The fourth-order valence-corrected chi connectivity index (χ4v) is 5.98. The summed E-state index contributed by atoms with van der Waals surface area (Å²) in [5, 5.41) is 12.7. The number of fused-ring (bicyclic) bond motifs is 4. The van der Waals surface area contributed by atoms with Crippen LogP contribution in [0.1, 0.15) is 45.5 Å². The molecule has 0 radical (unpaired) electrons. The first-order chi connectivity index (χ1) is 18.3. The quantitative estimate of drug-likeness (QED) is 0.298. The lowest BCUT2D eigenvalue weighted by molar-refractivity contribution is -0.117. The third kappa shape index (κ3) is 3.37. The van der Waals surface area contributed by atoms with Gasteiger partial charge in [0.15, 0.2) is 0 Å².